The van der Waals surface area contributed by atoms with Crippen LogP contribution >= 0.6 is 11.3 Å². The average molecular weight is 415 g/mol. The molecule has 0 saturated heterocycles. The van der Waals surface area contributed by atoms with Crippen LogP contribution in [0.4, 0.5) is 0 Å². The molecule has 1 aliphatic heterocycles. The Bertz CT molecular complexity index is 1450. The first-order valence-corrected chi connectivity index (χ1v) is 10.4. The topological polar surface area (TPSA) is 73.6 Å². The van der Waals surface area contributed by atoms with Crippen molar-refractivity contribution in [2.75, 3.05) is 0 Å². The van der Waals surface area contributed by atoms with Crippen molar-refractivity contribution in [3.05, 3.63) is 102 Å². The zero-order valence-corrected chi connectivity index (χ0v) is 16.9. The Kier molecular flexibility index (Phi) is 4.52. The summed E-state index contributed by atoms with van der Waals surface area (Å²) in [5, 5.41) is 4.31. The van der Waals surface area contributed by atoms with E-state index in [0.717, 1.165) is 33.8 Å². The number of benzene rings is 2. The molecule has 0 spiro atoms. The molecule has 0 fully saturated rings. The molecule has 4 aromatic rings. The Hall–Kier alpha value is -3.58. The third kappa shape index (κ3) is 3.33. The Morgan fingerprint density at radius 1 is 1.10 bits per heavy atom. The lowest BCUT2D eigenvalue weighted by Gasteiger charge is -2.22. The van der Waals surface area contributed by atoms with Gasteiger partial charge in [-0.1, -0.05) is 59.9 Å². The molecule has 2 aromatic heterocycles. The van der Waals surface area contributed by atoms with Gasteiger partial charge in [-0.3, -0.25) is 9.59 Å². The van der Waals surface area contributed by atoms with Gasteiger partial charge in [-0.2, -0.15) is 14.6 Å². The van der Waals surface area contributed by atoms with Crippen LogP contribution in [0.25, 0.3) is 17.1 Å². The molecule has 30 heavy (non-hydrogen) atoms. The van der Waals surface area contributed by atoms with Crippen molar-refractivity contribution in [1.82, 2.24) is 14.6 Å². The number of aromatic nitrogens is 3. The van der Waals surface area contributed by atoms with Crippen LogP contribution in [0.5, 0.6) is 5.75 Å². The van der Waals surface area contributed by atoms with E-state index in [4.69, 9.17) is 4.74 Å². The molecule has 0 saturated carbocycles. The number of para-hydroxylation sites is 1. The molecular weight excluding hydrogens is 398 g/mol. The van der Waals surface area contributed by atoms with E-state index >= 15 is 0 Å². The van der Waals surface area contributed by atoms with Gasteiger partial charge in [0.1, 0.15) is 17.5 Å². The summed E-state index contributed by atoms with van der Waals surface area (Å²) in [6.45, 7) is 1.94. The minimum atomic E-state index is -0.408. The zero-order chi connectivity index (χ0) is 20.7. The molecule has 0 unspecified atom stereocenters. The van der Waals surface area contributed by atoms with Crippen molar-refractivity contribution in [1.29, 1.82) is 0 Å². The van der Waals surface area contributed by atoms with Crippen LogP contribution < -0.4 is 20.4 Å². The average Bonchev–Trinajstić information content (AvgIpc) is 3.04. The second-order valence-corrected chi connectivity index (χ2v) is 8.09. The summed E-state index contributed by atoms with van der Waals surface area (Å²) >= 11 is 1.15. The summed E-state index contributed by atoms with van der Waals surface area (Å²) in [6, 6.07) is 17.3. The van der Waals surface area contributed by atoms with E-state index in [9.17, 15) is 9.59 Å². The Morgan fingerprint density at radius 2 is 1.87 bits per heavy atom. The van der Waals surface area contributed by atoms with Gasteiger partial charge in [-0.15, -0.1) is 0 Å². The number of thiazole rings is 1. The maximum atomic E-state index is 12.9. The molecule has 0 radical (unpaired) electrons. The molecule has 3 heterocycles. The molecule has 148 valence electrons. The maximum absolute atomic E-state index is 12.9. The number of hydrogen-bond acceptors (Lipinski definition) is 6. The van der Waals surface area contributed by atoms with E-state index in [0.29, 0.717) is 15.9 Å². The van der Waals surface area contributed by atoms with Gasteiger partial charge in [0.2, 0.25) is 4.96 Å². The second kappa shape index (κ2) is 7.35. The van der Waals surface area contributed by atoms with Gasteiger partial charge in [0.05, 0.1) is 4.53 Å². The van der Waals surface area contributed by atoms with Crippen molar-refractivity contribution >= 4 is 28.4 Å². The Labute approximate surface area is 175 Å². The molecule has 2 aromatic carbocycles. The number of ether oxygens (including phenoxy) is 1. The minimum absolute atomic E-state index is 0.195. The monoisotopic (exact) mass is 415 g/mol. The molecule has 1 aliphatic rings. The quantitative estimate of drug-likeness (QED) is 0.514. The minimum Gasteiger partial charge on any atom is -0.485 e. The van der Waals surface area contributed by atoms with Crippen LogP contribution in [0.1, 0.15) is 23.7 Å². The molecule has 6 nitrogen and oxygen atoms in total. The lowest BCUT2D eigenvalue weighted by molar-refractivity contribution is 0.259. The van der Waals surface area contributed by atoms with Crippen molar-refractivity contribution in [3.8, 4) is 5.75 Å². The second-order valence-electron chi connectivity index (χ2n) is 7.08. The standard InChI is InChI=1S/C23H17N3O3S/c1-14-17(12-16-9-5-6-10-19(16)29-14)13-20-22(28)26-23(30-20)24-21(27)18(25-26)11-15-7-3-2-4-8-15/h2-10,12-14H,11H2,1H3/b20-13-/t14-/m1/s1. The molecule has 7 heteroatoms. The molecular formula is C23H17N3O3S. The summed E-state index contributed by atoms with van der Waals surface area (Å²) < 4.78 is 7.64. The summed E-state index contributed by atoms with van der Waals surface area (Å²) in [6.07, 6.45) is 3.94. The van der Waals surface area contributed by atoms with Crippen LogP contribution in [0.3, 0.4) is 0 Å². The SMILES string of the molecule is C[C@H]1Oc2ccccc2C=C1/C=c1\sc2nc(=O)c(Cc3ccccc3)nn2c1=O. The van der Waals surface area contributed by atoms with Gasteiger partial charge in [-0.05, 0) is 36.3 Å². The van der Waals surface area contributed by atoms with Crippen LogP contribution in [0.2, 0.25) is 0 Å². The molecule has 0 N–H and O–H groups in total. The van der Waals surface area contributed by atoms with Crippen LogP contribution in [-0.4, -0.2) is 20.7 Å². The first-order valence-electron chi connectivity index (χ1n) is 9.54. The molecule has 5 rings (SSSR count). The van der Waals surface area contributed by atoms with E-state index in [1.165, 1.54) is 4.52 Å². The normalized spacial score (nSPS) is 16.2. The van der Waals surface area contributed by atoms with Gasteiger partial charge in [0.25, 0.3) is 11.1 Å². The van der Waals surface area contributed by atoms with Gasteiger partial charge in [-0.25, -0.2) is 0 Å². The van der Waals surface area contributed by atoms with Crippen molar-refractivity contribution in [2.24, 2.45) is 0 Å². The number of nitrogens with zero attached hydrogens (tertiary/aromatic N) is 3. The first kappa shape index (κ1) is 18.4. The van der Waals surface area contributed by atoms with Crippen LogP contribution in [0, 0.1) is 0 Å². The summed E-state index contributed by atoms with van der Waals surface area (Å²) in [5.74, 6) is 0.820. The van der Waals surface area contributed by atoms with Crippen LogP contribution in [-0.2, 0) is 6.42 Å². The van der Waals surface area contributed by atoms with E-state index in [1.54, 1.807) is 6.08 Å². The lowest BCUT2D eigenvalue weighted by Crippen LogP contribution is -2.29. The molecule has 0 amide bonds. The molecule has 0 bridgehead atoms. The van der Waals surface area contributed by atoms with Crippen molar-refractivity contribution in [3.63, 3.8) is 0 Å². The summed E-state index contributed by atoms with van der Waals surface area (Å²) in [5.41, 5.74) is 2.34. The zero-order valence-electron chi connectivity index (χ0n) is 16.1. The highest BCUT2D eigenvalue weighted by Gasteiger charge is 2.18. The lowest BCUT2D eigenvalue weighted by atomic mass is 10.0. The highest BCUT2D eigenvalue weighted by atomic mass is 32.1. The van der Waals surface area contributed by atoms with E-state index < -0.39 is 5.56 Å². The van der Waals surface area contributed by atoms with Crippen LogP contribution in [0.15, 0.2) is 69.8 Å². The fraction of sp³-hybridized carbons (Fsp3) is 0.130. The predicted molar refractivity (Wildman–Crippen MR) is 117 cm³/mol. The maximum Gasteiger partial charge on any atom is 0.296 e. The Morgan fingerprint density at radius 3 is 2.70 bits per heavy atom. The third-order valence-electron chi connectivity index (χ3n) is 4.98. The van der Waals surface area contributed by atoms with E-state index in [2.05, 4.69) is 10.1 Å². The third-order valence-corrected chi connectivity index (χ3v) is 5.94. The number of hydrogen-bond donors (Lipinski definition) is 0. The highest BCUT2D eigenvalue weighted by molar-refractivity contribution is 7.15. The number of rotatable bonds is 3. The molecule has 1 atom stereocenters. The fourth-order valence-electron chi connectivity index (χ4n) is 3.41. The molecule has 0 aliphatic carbocycles. The Balaban J connectivity index is 1.60. The smallest absolute Gasteiger partial charge is 0.296 e. The summed E-state index contributed by atoms with van der Waals surface area (Å²) in [4.78, 5) is 29.7. The van der Waals surface area contributed by atoms with E-state index in [-0.39, 0.29) is 17.4 Å². The van der Waals surface area contributed by atoms with E-state index in [1.807, 2.05) is 67.6 Å². The van der Waals surface area contributed by atoms with Gasteiger partial charge >= 0.3 is 0 Å². The fourth-order valence-corrected chi connectivity index (χ4v) is 4.32. The highest BCUT2D eigenvalue weighted by Crippen LogP contribution is 2.29. The van der Waals surface area contributed by atoms with Gasteiger partial charge in [0.15, 0.2) is 0 Å². The van der Waals surface area contributed by atoms with Crippen molar-refractivity contribution in [2.45, 2.75) is 19.4 Å². The summed E-state index contributed by atoms with van der Waals surface area (Å²) in [7, 11) is 0. The largest absolute Gasteiger partial charge is 0.485 e. The number of fused-ring (bicyclic) bond motifs is 2. The first-order chi connectivity index (χ1) is 14.6. The predicted octanol–water partition coefficient (Wildman–Crippen LogP) is 2.47. The van der Waals surface area contributed by atoms with Crippen molar-refractivity contribution < 1.29 is 4.74 Å². The van der Waals surface area contributed by atoms with Gasteiger partial charge in [0, 0.05) is 12.0 Å². The van der Waals surface area contributed by atoms with Gasteiger partial charge < -0.3 is 4.74 Å².